The average molecular weight is 261 g/mol. The highest BCUT2D eigenvalue weighted by molar-refractivity contribution is 5.76. The molecule has 0 aliphatic carbocycles. The first-order valence-electron chi connectivity index (χ1n) is 6.51. The van der Waals surface area contributed by atoms with E-state index in [-0.39, 0.29) is 11.9 Å². The zero-order chi connectivity index (χ0) is 13.7. The van der Waals surface area contributed by atoms with Gasteiger partial charge in [0.25, 0.3) is 0 Å². The van der Waals surface area contributed by atoms with Crippen LogP contribution in [-0.2, 0) is 11.3 Å². The molecule has 2 aromatic heterocycles. The van der Waals surface area contributed by atoms with Crippen LogP contribution in [0.4, 0.5) is 0 Å². The Bertz CT molecular complexity index is 551. The number of nitrogens with one attached hydrogen (secondary N) is 1. The molecule has 3 N–H and O–H groups in total. The molecule has 6 nitrogen and oxygen atoms in total. The van der Waals surface area contributed by atoms with Gasteiger partial charge in [0.15, 0.2) is 11.5 Å². The number of nitrogens with two attached hydrogens (primary N) is 1. The maximum Gasteiger partial charge on any atom is 0.221 e. The van der Waals surface area contributed by atoms with Gasteiger partial charge in [0.05, 0.1) is 6.54 Å². The molecule has 102 valence electrons. The standard InChI is InChI=1S/C13H19N5O/c1-2-5-10(14)8-13(19)15-9-12-17-16-11-6-3-4-7-18(11)12/h3-4,6-7,10H,2,5,8-9,14H2,1H3,(H,15,19). The van der Waals surface area contributed by atoms with Gasteiger partial charge >= 0.3 is 0 Å². The maximum atomic E-state index is 11.7. The van der Waals surface area contributed by atoms with Crippen molar-refractivity contribution in [1.29, 1.82) is 0 Å². The van der Waals surface area contributed by atoms with Crippen LogP contribution in [0.2, 0.25) is 0 Å². The van der Waals surface area contributed by atoms with Crippen molar-refractivity contribution in [2.24, 2.45) is 5.73 Å². The summed E-state index contributed by atoms with van der Waals surface area (Å²) in [5.41, 5.74) is 6.60. The van der Waals surface area contributed by atoms with Gasteiger partial charge in [0.1, 0.15) is 0 Å². The number of pyridine rings is 1. The van der Waals surface area contributed by atoms with E-state index in [4.69, 9.17) is 5.73 Å². The van der Waals surface area contributed by atoms with Crippen LogP contribution < -0.4 is 11.1 Å². The second kappa shape index (κ2) is 6.29. The van der Waals surface area contributed by atoms with Crippen molar-refractivity contribution < 1.29 is 4.79 Å². The molecule has 1 amide bonds. The van der Waals surface area contributed by atoms with Gasteiger partial charge in [0, 0.05) is 18.7 Å². The minimum atomic E-state index is -0.0693. The van der Waals surface area contributed by atoms with E-state index in [9.17, 15) is 4.79 Å². The third-order valence-electron chi connectivity index (χ3n) is 2.94. The van der Waals surface area contributed by atoms with E-state index in [1.165, 1.54) is 0 Å². The van der Waals surface area contributed by atoms with Crippen LogP contribution >= 0.6 is 0 Å². The van der Waals surface area contributed by atoms with Crippen molar-refractivity contribution in [2.45, 2.75) is 38.8 Å². The summed E-state index contributed by atoms with van der Waals surface area (Å²) in [6, 6.07) is 5.60. The fourth-order valence-corrected chi connectivity index (χ4v) is 1.97. The van der Waals surface area contributed by atoms with Gasteiger partial charge in [-0.3, -0.25) is 9.20 Å². The van der Waals surface area contributed by atoms with Crippen molar-refractivity contribution in [2.75, 3.05) is 0 Å². The van der Waals surface area contributed by atoms with E-state index < -0.39 is 0 Å². The number of fused-ring (bicyclic) bond motifs is 1. The second-order valence-corrected chi connectivity index (χ2v) is 4.57. The highest BCUT2D eigenvalue weighted by Crippen LogP contribution is 2.03. The highest BCUT2D eigenvalue weighted by Gasteiger charge is 2.10. The minimum Gasteiger partial charge on any atom is -0.349 e. The van der Waals surface area contributed by atoms with Crippen LogP contribution in [0.25, 0.3) is 5.65 Å². The van der Waals surface area contributed by atoms with Gasteiger partial charge in [-0.05, 0) is 18.6 Å². The molecule has 2 aromatic rings. The summed E-state index contributed by atoms with van der Waals surface area (Å²) in [6.07, 6.45) is 4.08. The molecular weight excluding hydrogens is 242 g/mol. The quantitative estimate of drug-likeness (QED) is 0.807. The van der Waals surface area contributed by atoms with E-state index in [0.29, 0.717) is 18.8 Å². The van der Waals surface area contributed by atoms with E-state index in [0.717, 1.165) is 18.5 Å². The van der Waals surface area contributed by atoms with Gasteiger partial charge in [-0.2, -0.15) is 0 Å². The molecule has 0 spiro atoms. The Morgan fingerprint density at radius 3 is 3.11 bits per heavy atom. The molecule has 19 heavy (non-hydrogen) atoms. The maximum absolute atomic E-state index is 11.7. The molecule has 0 radical (unpaired) electrons. The first-order valence-corrected chi connectivity index (χ1v) is 6.51. The summed E-state index contributed by atoms with van der Waals surface area (Å²) in [6.45, 7) is 2.42. The monoisotopic (exact) mass is 261 g/mol. The van der Waals surface area contributed by atoms with Gasteiger partial charge in [-0.25, -0.2) is 0 Å². The number of hydrogen-bond acceptors (Lipinski definition) is 4. The molecule has 0 saturated carbocycles. The Hall–Kier alpha value is -1.95. The van der Waals surface area contributed by atoms with Crippen LogP contribution in [0.3, 0.4) is 0 Å². The van der Waals surface area contributed by atoms with E-state index in [1.807, 2.05) is 28.8 Å². The normalized spacial score (nSPS) is 12.5. The van der Waals surface area contributed by atoms with Crippen LogP contribution in [0, 0.1) is 0 Å². The van der Waals surface area contributed by atoms with E-state index >= 15 is 0 Å². The Kier molecular flexibility index (Phi) is 4.46. The Labute approximate surface area is 112 Å². The third-order valence-corrected chi connectivity index (χ3v) is 2.94. The number of carbonyl (C=O) groups excluding carboxylic acids is 1. The van der Waals surface area contributed by atoms with Crippen molar-refractivity contribution in [1.82, 2.24) is 19.9 Å². The number of amides is 1. The zero-order valence-corrected chi connectivity index (χ0v) is 11.0. The van der Waals surface area contributed by atoms with Crippen LogP contribution in [0.1, 0.15) is 32.0 Å². The molecule has 0 fully saturated rings. The SMILES string of the molecule is CCCC(N)CC(=O)NCc1nnc2ccccn12. The molecule has 0 bridgehead atoms. The summed E-state index contributed by atoms with van der Waals surface area (Å²) in [7, 11) is 0. The summed E-state index contributed by atoms with van der Waals surface area (Å²) >= 11 is 0. The number of aromatic nitrogens is 3. The van der Waals surface area contributed by atoms with Crippen LogP contribution in [0.5, 0.6) is 0 Å². The smallest absolute Gasteiger partial charge is 0.221 e. The molecule has 1 unspecified atom stereocenters. The van der Waals surface area contributed by atoms with Crippen LogP contribution in [0.15, 0.2) is 24.4 Å². The highest BCUT2D eigenvalue weighted by atomic mass is 16.1. The number of rotatable bonds is 6. The predicted molar refractivity (Wildman–Crippen MR) is 72.3 cm³/mol. The molecule has 1 atom stereocenters. The fraction of sp³-hybridized carbons (Fsp3) is 0.462. The molecular formula is C13H19N5O. The van der Waals surface area contributed by atoms with Crippen molar-refractivity contribution in [3.8, 4) is 0 Å². The molecule has 0 aliphatic rings. The molecule has 2 heterocycles. The molecule has 0 aromatic carbocycles. The number of carbonyl (C=O) groups is 1. The van der Waals surface area contributed by atoms with E-state index in [1.54, 1.807) is 0 Å². The first-order chi connectivity index (χ1) is 9.20. The lowest BCUT2D eigenvalue weighted by Crippen LogP contribution is -2.31. The average Bonchev–Trinajstić information content (AvgIpc) is 2.80. The Morgan fingerprint density at radius 2 is 2.32 bits per heavy atom. The van der Waals surface area contributed by atoms with Crippen LogP contribution in [-0.4, -0.2) is 26.5 Å². The first kappa shape index (κ1) is 13.5. The van der Waals surface area contributed by atoms with Gasteiger partial charge in [-0.1, -0.05) is 19.4 Å². The predicted octanol–water partition coefficient (Wildman–Crippen LogP) is 0.863. The van der Waals surface area contributed by atoms with Crippen molar-refractivity contribution in [3.05, 3.63) is 30.2 Å². The summed E-state index contributed by atoms with van der Waals surface area (Å²) in [5.74, 6) is 0.668. The third kappa shape index (κ3) is 3.51. The second-order valence-electron chi connectivity index (χ2n) is 4.57. The zero-order valence-electron chi connectivity index (χ0n) is 11.0. The van der Waals surface area contributed by atoms with Gasteiger partial charge < -0.3 is 11.1 Å². The lowest BCUT2D eigenvalue weighted by Gasteiger charge is -2.09. The number of nitrogens with zero attached hydrogens (tertiary/aromatic N) is 3. The fourth-order valence-electron chi connectivity index (χ4n) is 1.97. The minimum absolute atomic E-state index is 0.0476. The molecule has 0 saturated heterocycles. The molecule has 2 rings (SSSR count). The van der Waals surface area contributed by atoms with Gasteiger partial charge in [0.2, 0.25) is 5.91 Å². The van der Waals surface area contributed by atoms with E-state index in [2.05, 4.69) is 22.4 Å². The van der Waals surface area contributed by atoms with Crippen molar-refractivity contribution in [3.63, 3.8) is 0 Å². The molecule has 0 aliphatic heterocycles. The lowest BCUT2D eigenvalue weighted by atomic mass is 10.1. The van der Waals surface area contributed by atoms with Crippen molar-refractivity contribution >= 4 is 11.6 Å². The van der Waals surface area contributed by atoms with Gasteiger partial charge in [-0.15, -0.1) is 10.2 Å². The summed E-state index contributed by atoms with van der Waals surface area (Å²) in [4.78, 5) is 11.7. The summed E-state index contributed by atoms with van der Waals surface area (Å²) in [5, 5.41) is 10.9. The summed E-state index contributed by atoms with van der Waals surface area (Å²) < 4.78 is 1.85. The topological polar surface area (TPSA) is 85.3 Å². The Balaban J connectivity index is 1.90. The molecule has 6 heteroatoms. The largest absolute Gasteiger partial charge is 0.349 e. The lowest BCUT2D eigenvalue weighted by molar-refractivity contribution is -0.121. The number of hydrogen-bond donors (Lipinski definition) is 2. The Morgan fingerprint density at radius 1 is 1.47 bits per heavy atom.